The number of imide groups is 1. The predicted molar refractivity (Wildman–Crippen MR) is 113 cm³/mol. The van der Waals surface area contributed by atoms with Crippen LogP contribution in [0.2, 0.25) is 0 Å². The molecule has 0 spiro atoms. The fraction of sp³-hybridized carbons (Fsp3) is 0.273. The first-order valence-electron chi connectivity index (χ1n) is 9.94. The number of amides is 5. The number of hydrogen-bond donors (Lipinski definition) is 3. The van der Waals surface area contributed by atoms with Gasteiger partial charge in [-0.15, -0.1) is 0 Å². The average Bonchev–Trinajstić information content (AvgIpc) is 3.29. The van der Waals surface area contributed by atoms with Crippen molar-refractivity contribution >= 4 is 29.4 Å². The molecule has 10 nitrogen and oxygen atoms in total. The van der Waals surface area contributed by atoms with Gasteiger partial charge < -0.3 is 25.4 Å². The number of carbonyl (C=O) groups excluding carboxylic acids is 4. The third-order valence-electron chi connectivity index (χ3n) is 5.08. The van der Waals surface area contributed by atoms with Gasteiger partial charge in [-0.25, -0.2) is 4.79 Å². The van der Waals surface area contributed by atoms with Crippen LogP contribution >= 0.6 is 0 Å². The molecule has 1 fully saturated rings. The highest BCUT2D eigenvalue weighted by atomic mass is 16.7. The van der Waals surface area contributed by atoms with Gasteiger partial charge in [-0.2, -0.15) is 0 Å². The van der Waals surface area contributed by atoms with E-state index in [0.29, 0.717) is 11.5 Å². The molecule has 2 aromatic rings. The Labute approximate surface area is 183 Å². The second kappa shape index (κ2) is 8.22. The van der Waals surface area contributed by atoms with E-state index in [4.69, 9.17) is 9.47 Å². The number of carbonyl (C=O) groups is 4. The molecule has 32 heavy (non-hydrogen) atoms. The van der Waals surface area contributed by atoms with Crippen molar-refractivity contribution in [2.75, 3.05) is 18.7 Å². The summed E-state index contributed by atoms with van der Waals surface area (Å²) in [6, 6.07) is 11.2. The van der Waals surface area contributed by atoms with Gasteiger partial charge in [0, 0.05) is 6.54 Å². The standard InChI is InChI=1S/C22H22N4O6/c1-22(2)20(29)26(21(30)25-22)11-18(27)24-15-6-4-3-5-14(15)19(28)23-10-13-7-8-16-17(9-13)32-12-31-16/h3-9H,10-12H2,1-2H3,(H,23,28)(H,24,27)(H,25,30). The lowest BCUT2D eigenvalue weighted by atomic mass is 10.1. The summed E-state index contributed by atoms with van der Waals surface area (Å²) in [7, 11) is 0. The SMILES string of the molecule is CC1(C)NC(=O)N(CC(=O)Nc2ccccc2C(=O)NCc2ccc3c(c2)OCO3)C1=O. The van der Waals surface area contributed by atoms with Crippen LogP contribution in [0.3, 0.4) is 0 Å². The second-order valence-electron chi connectivity index (χ2n) is 7.91. The zero-order valence-electron chi connectivity index (χ0n) is 17.6. The van der Waals surface area contributed by atoms with Crippen molar-refractivity contribution in [3.63, 3.8) is 0 Å². The molecule has 2 aliphatic rings. The third-order valence-corrected chi connectivity index (χ3v) is 5.08. The minimum absolute atomic E-state index is 0.167. The summed E-state index contributed by atoms with van der Waals surface area (Å²) >= 11 is 0. The van der Waals surface area contributed by atoms with Gasteiger partial charge in [0.25, 0.3) is 11.8 Å². The van der Waals surface area contributed by atoms with Gasteiger partial charge in [-0.05, 0) is 43.7 Å². The number of para-hydroxylation sites is 1. The normalized spacial score (nSPS) is 16.0. The summed E-state index contributed by atoms with van der Waals surface area (Å²) in [4.78, 5) is 50.3. The van der Waals surface area contributed by atoms with Crippen LogP contribution < -0.4 is 25.4 Å². The van der Waals surface area contributed by atoms with E-state index in [1.165, 1.54) is 0 Å². The predicted octanol–water partition coefficient (Wildman–Crippen LogP) is 1.61. The number of ether oxygens (including phenoxy) is 2. The lowest BCUT2D eigenvalue weighted by molar-refractivity contribution is -0.132. The number of fused-ring (bicyclic) bond motifs is 1. The Bertz CT molecular complexity index is 1110. The maximum absolute atomic E-state index is 12.7. The molecule has 10 heteroatoms. The molecule has 2 aromatic carbocycles. The average molecular weight is 438 g/mol. The van der Waals surface area contributed by atoms with Gasteiger partial charge in [0.1, 0.15) is 12.1 Å². The summed E-state index contributed by atoms with van der Waals surface area (Å²) in [6.07, 6.45) is 0. The number of anilines is 1. The first-order valence-corrected chi connectivity index (χ1v) is 9.94. The zero-order valence-corrected chi connectivity index (χ0v) is 17.6. The van der Waals surface area contributed by atoms with Crippen molar-refractivity contribution in [3.8, 4) is 11.5 Å². The largest absolute Gasteiger partial charge is 0.454 e. The van der Waals surface area contributed by atoms with Crippen molar-refractivity contribution < 1.29 is 28.7 Å². The Morgan fingerprint density at radius 1 is 1.09 bits per heavy atom. The van der Waals surface area contributed by atoms with Crippen molar-refractivity contribution in [1.29, 1.82) is 0 Å². The van der Waals surface area contributed by atoms with Crippen LogP contribution in [0.25, 0.3) is 0 Å². The van der Waals surface area contributed by atoms with E-state index in [-0.39, 0.29) is 24.6 Å². The lowest BCUT2D eigenvalue weighted by Gasteiger charge is -2.16. The summed E-state index contributed by atoms with van der Waals surface area (Å²) in [5, 5.41) is 7.93. The number of hydrogen-bond acceptors (Lipinski definition) is 6. The molecule has 4 rings (SSSR count). The first-order chi connectivity index (χ1) is 15.2. The highest BCUT2D eigenvalue weighted by Gasteiger charge is 2.44. The minimum Gasteiger partial charge on any atom is -0.454 e. The molecule has 0 atom stereocenters. The van der Waals surface area contributed by atoms with Crippen LogP contribution in [0.4, 0.5) is 10.5 Å². The van der Waals surface area contributed by atoms with E-state index in [9.17, 15) is 19.2 Å². The highest BCUT2D eigenvalue weighted by molar-refractivity contribution is 6.10. The second-order valence-corrected chi connectivity index (χ2v) is 7.91. The fourth-order valence-electron chi connectivity index (χ4n) is 3.41. The van der Waals surface area contributed by atoms with Crippen LogP contribution in [0, 0.1) is 0 Å². The summed E-state index contributed by atoms with van der Waals surface area (Å²) < 4.78 is 10.6. The molecule has 0 saturated carbocycles. The van der Waals surface area contributed by atoms with Gasteiger partial charge in [0.15, 0.2) is 11.5 Å². The van der Waals surface area contributed by atoms with Gasteiger partial charge in [-0.1, -0.05) is 18.2 Å². The molecular formula is C22H22N4O6. The van der Waals surface area contributed by atoms with E-state index in [2.05, 4.69) is 16.0 Å². The molecule has 0 aliphatic carbocycles. The summed E-state index contributed by atoms with van der Waals surface area (Å²) in [5.74, 6) is -0.209. The number of nitrogens with zero attached hydrogens (tertiary/aromatic N) is 1. The summed E-state index contributed by atoms with van der Waals surface area (Å²) in [5.41, 5.74) is 0.278. The summed E-state index contributed by atoms with van der Waals surface area (Å²) in [6.45, 7) is 3.08. The van der Waals surface area contributed by atoms with Crippen molar-refractivity contribution in [1.82, 2.24) is 15.5 Å². The number of rotatable bonds is 6. The van der Waals surface area contributed by atoms with Gasteiger partial charge in [-0.3, -0.25) is 19.3 Å². The minimum atomic E-state index is -1.07. The molecular weight excluding hydrogens is 416 g/mol. The van der Waals surface area contributed by atoms with Gasteiger partial charge in [0.05, 0.1) is 11.3 Å². The van der Waals surface area contributed by atoms with E-state index in [0.717, 1.165) is 10.5 Å². The van der Waals surface area contributed by atoms with Crippen molar-refractivity contribution in [3.05, 3.63) is 53.6 Å². The molecule has 5 amide bonds. The van der Waals surface area contributed by atoms with Crippen LogP contribution in [-0.4, -0.2) is 47.5 Å². The topological polar surface area (TPSA) is 126 Å². The van der Waals surface area contributed by atoms with E-state index in [1.54, 1.807) is 50.2 Å². The van der Waals surface area contributed by atoms with Gasteiger partial charge >= 0.3 is 6.03 Å². The smallest absolute Gasteiger partial charge is 0.325 e. The molecule has 2 aliphatic heterocycles. The van der Waals surface area contributed by atoms with E-state index < -0.39 is 35.8 Å². The molecule has 0 bridgehead atoms. The zero-order chi connectivity index (χ0) is 22.9. The number of urea groups is 1. The van der Waals surface area contributed by atoms with Crippen LogP contribution in [0.1, 0.15) is 29.8 Å². The maximum Gasteiger partial charge on any atom is 0.325 e. The Hall–Kier alpha value is -4.08. The first kappa shape index (κ1) is 21.2. The quantitative estimate of drug-likeness (QED) is 0.589. The molecule has 2 heterocycles. The monoisotopic (exact) mass is 438 g/mol. The Kier molecular flexibility index (Phi) is 5.43. The number of nitrogens with one attached hydrogen (secondary N) is 3. The van der Waals surface area contributed by atoms with Crippen molar-refractivity contribution in [2.45, 2.75) is 25.9 Å². The van der Waals surface area contributed by atoms with Gasteiger partial charge in [0.2, 0.25) is 12.7 Å². The van der Waals surface area contributed by atoms with Crippen LogP contribution in [0.5, 0.6) is 11.5 Å². The Morgan fingerprint density at radius 2 is 1.84 bits per heavy atom. The molecule has 0 aromatic heterocycles. The Morgan fingerprint density at radius 3 is 2.59 bits per heavy atom. The molecule has 1 saturated heterocycles. The highest BCUT2D eigenvalue weighted by Crippen LogP contribution is 2.32. The van der Waals surface area contributed by atoms with Crippen molar-refractivity contribution in [2.24, 2.45) is 0 Å². The number of benzene rings is 2. The third kappa shape index (κ3) is 4.20. The molecule has 3 N–H and O–H groups in total. The van der Waals surface area contributed by atoms with Crippen LogP contribution in [-0.2, 0) is 16.1 Å². The van der Waals surface area contributed by atoms with E-state index in [1.807, 2.05) is 6.07 Å². The molecule has 166 valence electrons. The van der Waals surface area contributed by atoms with Crippen LogP contribution in [0.15, 0.2) is 42.5 Å². The molecule has 0 radical (unpaired) electrons. The maximum atomic E-state index is 12.7. The Balaban J connectivity index is 1.40. The molecule has 0 unspecified atom stereocenters. The lowest BCUT2D eigenvalue weighted by Crippen LogP contribution is -2.41. The fourth-order valence-corrected chi connectivity index (χ4v) is 3.41. The van der Waals surface area contributed by atoms with E-state index >= 15 is 0 Å².